The fourth-order valence-electron chi connectivity index (χ4n) is 2.46. The standard InChI is InChI=1S/C15H20N2O3S/c1-16-21(19,20)12-14-8-5-11-17(14)15(18)10-9-13-6-3-2-4-7-13/h2-4,6-7,9-10,14,16H,5,8,11-12H2,1H3. The van der Waals surface area contributed by atoms with Gasteiger partial charge < -0.3 is 4.90 Å². The van der Waals surface area contributed by atoms with Crippen molar-refractivity contribution in [3.8, 4) is 0 Å². The molecule has 0 saturated carbocycles. The summed E-state index contributed by atoms with van der Waals surface area (Å²) in [4.78, 5) is 13.9. The first kappa shape index (κ1) is 15.7. The third kappa shape index (κ3) is 4.41. The molecule has 0 radical (unpaired) electrons. The Morgan fingerprint density at radius 3 is 2.76 bits per heavy atom. The van der Waals surface area contributed by atoms with E-state index in [9.17, 15) is 13.2 Å². The van der Waals surface area contributed by atoms with Gasteiger partial charge in [-0.15, -0.1) is 0 Å². The Morgan fingerprint density at radius 2 is 2.10 bits per heavy atom. The lowest BCUT2D eigenvalue weighted by molar-refractivity contribution is -0.126. The monoisotopic (exact) mass is 308 g/mol. The molecule has 1 aliphatic rings. The summed E-state index contributed by atoms with van der Waals surface area (Å²) in [6.45, 7) is 0.613. The Kier molecular flexibility index (Phi) is 5.14. The minimum Gasteiger partial charge on any atom is -0.335 e. The van der Waals surface area contributed by atoms with Gasteiger partial charge in [0.05, 0.1) is 5.75 Å². The Bertz CT molecular complexity index is 611. The molecule has 1 aliphatic heterocycles. The van der Waals surface area contributed by atoms with Crippen LogP contribution in [0, 0.1) is 0 Å². The number of rotatable bonds is 5. The predicted molar refractivity (Wildman–Crippen MR) is 83.1 cm³/mol. The largest absolute Gasteiger partial charge is 0.335 e. The van der Waals surface area contributed by atoms with Gasteiger partial charge in [0, 0.05) is 18.7 Å². The van der Waals surface area contributed by atoms with Crippen LogP contribution in [-0.2, 0) is 14.8 Å². The van der Waals surface area contributed by atoms with E-state index in [2.05, 4.69) is 4.72 Å². The molecular weight excluding hydrogens is 288 g/mol. The highest BCUT2D eigenvalue weighted by molar-refractivity contribution is 7.89. The number of hydrogen-bond donors (Lipinski definition) is 1. The van der Waals surface area contributed by atoms with Crippen molar-refractivity contribution in [2.45, 2.75) is 18.9 Å². The van der Waals surface area contributed by atoms with Crippen LogP contribution in [0.15, 0.2) is 36.4 Å². The average molecular weight is 308 g/mol. The van der Waals surface area contributed by atoms with Crippen LogP contribution in [0.5, 0.6) is 0 Å². The zero-order valence-corrected chi connectivity index (χ0v) is 12.8. The van der Waals surface area contributed by atoms with Crippen LogP contribution in [0.2, 0.25) is 0 Å². The topological polar surface area (TPSA) is 66.5 Å². The highest BCUT2D eigenvalue weighted by atomic mass is 32.2. The Balaban J connectivity index is 2.03. The lowest BCUT2D eigenvalue weighted by Gasteiger charge is -2.23. The van der Waals surface area contributed by atoms with E-state index in [4.69, 9.17) is 0 Å². The summed E-state index contributed by atoms with van der Waals surface area (Å²) in [5.74, 6) is -0.165. The van der Waals surface area contributed by atoms with Crippen LogP contribution in [0.3, 0.4) is 0 Å². The molecule has 1 heterocycles. The quantitative estimate of drug-likeness (QED) is 0.832. The van der Waals surface area contributed by atoms with Crippen molar-refractivity contribution in [1.29, 1.82) is 0 Å². The van der Waals surface area contributed by atoms with E-state index in [0.717, 1.165) is 18.4 Å². The highest BCUT2D eigenvalue weighted by Gasteiger charge is 2.30. The summed E-state index contributed by atoms with van der Waals surface area (Å²) in [6.07, 6.45) is 4.84. The first-order chi connectivity index (χ1) is 10.0. The molecule has 21 heavy (non-hydrogen) atoms. The third-order valence-corrected chi connectivity index (χ3v) is 5.05. The fourth-order valence-corrected chi connectivity index (χ4v) is 3.48. The smallest absolute Gasteiger partial charge is 0.246 e. The average Bonchev–Trinajstić information content (AvgIpc) is 2.93. The SMILES string of the molecule is CNS(=O)(=O)CC1CCCN1C(=O)C=Cc1ccccc1. The van der Waals surface area contributed by atoms with Crippen molar-refractivity contribution in [1.82, 2.24) is 9.62 Å². The van der Waals surface area contributed by atoms with Crippen LogP contribution in [0.25, 0.3) is 6.08 Å². The molecule has 1 N–H and O–H groups in total. The summed E-state index contributed by atoms with van der Waals surface area (Å²) in [5.41, 5.74) is 0.949. The van der Waals surface area contributed by atoms with Gasteiger partial charge >= 0.3 is 0 Å². The summed E-state index contributed by atoms with van der Waals surface area (Å²) >= 11 is 0. The normalized spacial score (nSPS) is 19.3. The number of benzene rings is 1. The van der Waals surface area contributed by atoms with Crippen LogP contribution in [-0.4, -0.2) is 44.6 Å². The number of amides is 1. The van der Waals surface area contributed by atoms with Crippen molar-refractivity contribution in [2.75, 3.05) is 19.3 Å². The van der Waals surface area contributed by atoms with Crippen LogP contribution < -0.4 is 4.72 Å². The zero-order valence-electron chi connectivity index (χ0n) is 12.0. The van der Waals surface area contributed by atoms with Crippen molar-refractivity contribution >= 4 is 22.0 Å². The summed E-state index contributed by atoms with van der Waals surface area (Å²) < 4.78 is 25.6. The van der Waals surface area contributed by atoms with Gasteiger partial charge in [-0.05, 0) is 31.5 Å². The molecule has 6 heteroatoms. The fraction of sp³-hybridized carbons (Fsp3) is 0.400. The molecule has 1 unspecified atom stereocenters. The molecule has 5 nitrogen and oxygen atoms in total. The first-order valence-electron chi connectivity index (χ1n) is 6.97. The number of nitrogens with zero attached hydrogens (tertiary/aromatic N) is 1. The van der Waals surface area contributed by atoms with Crippen molar-refractivity contribution in [2.24, 2.45) is 0 Å². The van der Waals surface area contributed by atoms with E-state index in [1.54, 1.807) is 11.0 Å². The maximum absolute atomic E-state index is 12.2. The van der Waals surface area contributed by atoms with Crippen LogP contribution >= 0.6 is 0 Å². The lowest BCUT2D eigenvalue weighted by atomic mass is 10.2. The lowest BCUT2D eigenvalue weighted by Crippen LogP contribution is -2.41. The van der Waals surface area contributed by atoms with E-state index in [1.807, 2.05) is 30.3 Å². The van der Waals surface area contributed by atoms with E-state index < -0.39 is 10.0 Å². The highest BCUT2D eigenvalue weighted by Crippen LogP contribution is 2.19. The van der Waals surface area contributed by atoms with Gasteiger partial charge in [-0.2, -0.15) is 0 Å². The maximum atomic E-state index is 12.2. The summed E-state index contributed by atoms with van der Waals surface area (Å²) in [7, 11) is -1.91. The number of carbonyl (C=O) groups excluding carboxylic acids is 1. The maximum Gasteiger partial charge on any atom is 0.246 e. The van der Waals surface area contributed by atoms with Gasteiger partial charge in [0.25, 0.3) is 0 Å². The molecule has 1 aromatic carbocycles. The number of likely N-dealkylation sites (tertiary alicyclic amines) is 1. The molecular formula is C15H20N2O3S. The zero-order chi connectivity index (χ0) is 15.3. The number of sulfonamides is 1. The molecule has 2 rings (SSSR count). The van der Waals surface area contributed by atoms with Gasteiger partial charge in [-0.25, -0.2) is 13.1 Å². The molecule has 1 aromatic rings. The molecule has 0 aliphatic carbocycles. The van der Waals surface area contributed by atoms with Gasteiger partial charge in [-0.1, -0.05) is 30.3 Å². The number of nitrogens with one attached hydrogen (secondary N) is 1. The van der Waals surface area contributed by atoms with Crippen molar-refractivity contribution in [3.05, 3.63) is 42.0 Å². The second-order valence-corrected chi connectivity index (χ2v) is 7.03. The number of carbonyl (C=O) groups is 1. The van der Waals surface area contributed by atoms with E-state index >= 15 is 0 Å². The van der Waals surface area contributed by atoms with Crippen molar-refractivity contribution in [3.63, 3.8) is 0 Å². The first-order valence-corrected chi connectivity index (χ1v) is 8.62. The van der Waals surface area contributed by atoms with Gasteiger partial charge in [0.2, 0.25) is 15.9 Å². The number of hydrogen-bond acceptors (Lipinski definition) is 3. The van der Waals surface area contributed by atoms with E-state index in [-0.39, 0.29) is 17.7 Å². The molecule has 0 aromatic heterocycles. The van der Waals surface area contributed by atoms with Crippen molar-refractivity contribution < 1.29 is 13.2 Å². The third-order valence-electron chi connectivity index (χ3n) is 3.60. The molecule has 114 valence electrons. The molecule has 1 atom stereocenters. The van der Waals surface area contributed by atoms with Gasteiger partial charge in [0.1, 0.15) is 0 Å². The molecule has 1 saturated heterocycles. The summed E-state index contributed by atoms with van der Waals surface area (Å²) in [6, 6.07) is 9.31. The minimum absolute atomic E-state index is 0.0333. The second kappa shape index (κ2) is 6.87. The predicted octanol–water partition coefficient (Wildman–Crippen LogP) is 1.24. The summed E-state index contributed by atoms with van der Waals surface area (Å²) in [5, 5.41) is 0. The minimum atomic E-state index is -3.30. The Hall–Kier alpha value is -1.66. The Labute approximate surface area is 125 Å². The van der Waals surface area contributed by atoms with Crippen LogP contribution in [0.4, 0.5) is 0 Å². The van der Waals surface area contributed by atoms with E-state index in [0.29, 0.717) is 6.54 Å². The molecule has 0 spiro atoms. The molecule has 0 bridgehead atoms. The molecule has 1 fully saturated rings. The van der Waals surface area contributed by atoms with E-state index in [1.165, 1.54) is 13.1 Å². The second-order valence-electron chi connectivity index (χ2n) is 5.06. The van der Waals surface area contributed by atoms with Gasteiger partial charge in [0.15, 0.2) is 0 Å². The Morgan fingerprint density at radius 1 is 1.38 bits per heavy atom. The molecule has 1 amide bonds. The van der Waals surface area contributed by atoms with Gasteiger partial charge in [-0.3, -0.25) is 4.79 Å². The van der Waals surface area contributed by atoms with Crippen LogP contribution in [0.1, 0.15) is 18.4 Å².